The molecule has 1 aromatic rings. The summed E-state index contributed by atoms with van der Waals surface area (Å²) in [5, 5.41) is 11.8. The second-order valence-electron chi connectivity index (χ2n) is 7.03. The van der Waals surface area contributed by atoms with E-state index in [1.165, 1.54) is 16.8 Å². The molecule has 0 bridgehead atoms. The topological polar surface area (TPSA) is 107 Å². The van der Waals surface area contributed by atoms with Gasteiger partial charge < -0.3 is 20.2 Å². The lowest BCUT2D eigenvalue weighted by molar-refractivity contribution is -0.147. The Hall–Kier alpha value is -2.90. The molecule has 1 atom stereocenters. The van der Waals surface area contributed by atoms with Gasteiger partial charge in [-0.1, -0.05) is 30.3 Å². The van der Waals surface area contributed by atoms with Crippen LogP contribution >= 0.6 is 0 Å². The number of rotatable bonds is 8. The van der Waals surface area contributed by atoms with E-state index in [1.807, 2.05) is 30.3 Å². The molecule has 152 valence electrons. The maximum atomic E-state index is 12.3. The van der Waals surface area contributed by atoms with E-state index in [1.54, 1.807) is 0 Å². The van der Waals surface area contributed by atoms with Gasteiger partial charge in [-0.25, -0.2) is 0 Å². The Balaban J connectivity index is 1.69. The van der Waals surface area contributed by atoms with Crippen molar-refractivity contribution in [2.75, 3.05) is 33.2 Å². The highest BCUT2D eigenvalue weighted by atomic mass is 16.4. The molecule has 0 spiro atoms. The third-order valence-electron chi connectivity index (χ3n) is 4.79. The minimum atomic E-state index is -0.895. The predicted molar refractivity (Wildman–Crippen MR) is 102 cm³/mol. The van der Waals surface area contributed by atoms with Crippen molar-refractivity contribution in [3.05, 3.63) is 35.9 Å². The molecule has 0 radical (unpaired) electrons. The fourth-order valence-electron chi connectivity index (χ4n) is 3.14. The van der Waals surface area contributed by atoms with Gasteiger partial charge in [-0.05, 0) is 18.4 Å². The number of likely N-dealkylation sites (N-methyl/N-ethyl adjacent to an activating group) is 1. The summed E-state index contributed by atoms with van der Waals surface area (Å²) in [6, 6.07) is 9.32. The average molecular weight is 389 g/mol. The Kier molecular flexibility index (Phi) is 7.98. The third-order valence-corrected chi connectivity index (χ3v) is 4.79. The molecule has 0 aromatic heterocycles. The van der Waals surface area contributed by atoms with E-state index in [2.05, 4.69) is 5.32 Å². The molecule has 8 heteroatoms. The number of hydrogen-bond acceptors (Lipinski definition) is 4. The molecule has 0 saturated carbocycles. The van der Waals surface area contributed by atoms with Gasteiger partial charge in [0.25, 0.3) is 0 Å². The summed E-state index contributed by atoms with van der Waals surface area (Å²) < 4.78 is 0. The summed E-state index contributed by atoms with van der Waals surface area (Å²) in [6.45, 7) is 0.808. The SMILES string of the molecule is CN(CC(=O)N1CCCC(C(=O)O)C1)C(=O)CCNC(=O)Cc1ccccc1. The summed E-state index contributed by atoms with van der Waals surface area (Å²) in [4.78, 5) is 50.3. The van der Waals surface area contributed by atoms with Crippen LogP contribution in [-0.2, 0) is 25.6 Å². The van der Waals surface area contributed by atoms with Crippen LogP contribution in [0.25, 0.3) is 0 Å². The van der Waals surface area contributed by atoms with Crippen molar-refractivity contribution >= 4 is 23.7 Å². The van der Waals surface area contributed by atoms with Crippen molar-refractivity contribution < 1.29 is 24.3 Å². The average Bonchev–Trinajstić information content (AvgIpc) is 2.68. The zero-order chi connectivity index (χ0) is 20.5. The Morgan fingerprint density at radius 2 is 1.93 bits per heavy atom. The number of amides is 3. The third kappa shape index (κ3) is 6.68. The van der Waals surface area contributed by atoms with E-state index in [9.17, 15) is 19.2 Å². The molecule has 1 aliphatic heterocycles. The van der Waals surface area contributed by atoms with E-state index >= 15 is 0 Å². The van der Waals surface area contributed by atoms with Gasteiger partial charge >= 0.3 is 5.97 Å². The van der Waals surface area contributed by atoms with Crippen molar-refractivity contribution in [2.45, 2.75) is 25.7 Å². The first-order valence-corrected chi connectivity index (χ1v) is 9.42. The molecule has 0 aliphatic carbocycles. The molecule has 1 heterocycles. The number of carboxylic acid groups (broad SMARTS) is 1. The number of benzene rings is 1. The monoisotopic (exact) mass is 389 g/mol. The summed E-state index contributed by atoms with van der Waals surface area (Å²) in [7, 11) is 1.53. The van der Waals surface area contributed by atoms with E-state index in [0.717, 1.165) is 5.56 Å². The summed E-state index contributed by atoms with van der Waals surface area (Å²) in [5.74, 6) is -2.10. The maximum absolute atomic E-state index is 12.3. The van der Waals surface area contributed by atoms with Crippen LogP contribution in [-0.4, -0.2) is 71.8 Å². The van der Waals surface area contributed by atoms with Crippen molar-refractivity contribution in [3.8, 4) is 0 Å². The molecule has 2 rings (SSSR count). The fraction of sp³-hybridized carbons (Fsp3) is 0.500. The Morgan fingerprint density at radius 3 is 2.61 bits per heavy atom. The Labute approximate surface area is 164 Å². The minimum Gasteiger partial charge on any atom is -0.481 e. The fourth-order valence-corrected chi connectivity index (χ4v) is 3.14. The number of carbonyl (C=O) groups excluding carboxylic acids is 3. The molecule has 1 aromatic carbocycles. The van der Waals surface area contributed by atoms with Gasteiger partial charge in [0.15, 0.2) is 0 Å². The van der Waals surface area contributed by atoms with E-state index in [4.69, 9.17) is 5.11 Å². The van der Waals surface area contributed by atoms with Crippen molar-refractivity contribution in [1.29, 1.82) is 0 Å². The highest BCUT2D eigenvalue weighted by molar-refractivity contribution is 5.85. The zero-order valence-electron chi connectivity index (χ0n) is 16.1. The first-order chi connectivity index (χ1) is 13.4. The first kappa shape index (κ1) is 21.4. The van der Waals surface area contributed by atoms with Crippen LogP contribution in [0, 0.1) is 5.92 Å². The van der Waals surface area contributed by atoms with Gasteiger partial charge in [0.1, 0.15) is 0 Å². The van der Waals surface area contributed by atoms with Gasteiger partial charge in [0, 0.05) is 33.1 Å². The minimum absolute atomic E-state index is 0.0941. The van der Waals surface area contributed by atoms with Crippen molar-refractivity contribution in [3.63, 3.8) is 0 Å². The van der Waals surface area contributed by atoms with Crippen LogP contribution in [0.4, 0.5) is 0 Å². The smallest absolute Gasteiger partial charge is 0.308 e. The van der Waals surface area contributed by atoms with Gasteiger partial charge in [-0.15, -0.1) is 0 Å². The quantitative estimate of drug-likeness (QED) is 0.674. The molecule has 3 amide bonds. The number of hydrogen-bond donors (Lipinski definition) is 2. The summed E-state index contributed by atoms with van der Waals surface area (Å²) >= 11 is 0. The first-order valence-electron chi connectivity index (χ1n) is 9.42. The van der Waals surface area contributed by atoms with Gasteiger partial charge in [-0.3, -0.25) is 19.2 Å². The van der Waals surface area contributed by atoms with Crippen molar-refractivity contribution in [2.24, 2.45) is 5.92 Å². The molecule has 1 saturated heterocycles. The molecular formula is C20H27N3O5. The van der Waals surface area contributed by atoms with Crippen LogP contribution in [0.1, 0.15) is 24.8 Å². The Bertz CT molecular complexity index is 707. The van der Waals surface area contributed by atoms with Crippen LogP contribution in [0.2, 0.25) is 0 Å². The normalized spacial score (nSPS) is 16.3. The summed E-state index contributed by atoms with van der Waals surface area (Å²) in [5.41, 5.74) is 0.898. The van der Waals surface area contributed by atoms with Gasteiger partial charge in [-0.2, -0.15) is 0 Å². The van der Waals surface area contributed by atoms with Gasteiger partial charge in [0.05, 0.1) is 18.9 Å². The highest BCUT2D eigenvalue weighted by Gasteiger charge is 2.28. The van der Waals surface area contributed by atoms with E-state index in [-0.39, 0.29) is 50.2 Å². The van der Waals surface area contributed by atoms with E-state index < -0.39 is 11.9 Å². The number of carboxylic acids is 1. The van der Waals surface area contributed by atoms with Crippen LogP contribution in [0.5, 0.6) is 0 Å². The van der Waals surface area contributed by atoms with Crippen LogP contribution < -0.4 is 5.32 Å². The molecule has 8 nitrogen and oxygen atoms in total. The lowest BCUT2D eigenvalue weighted by Gasteiger charge is -2.32. The Morgan fingerprint density at radius 1 is 1.21 bits per heavy atom. The predicted octanol–water partition coefficient (Wildman–Crippen LogP) is 0.517. The molecule has 2 N–H and O–H groups in total. The summed E-state index contributed by atoms with van der Waals surface area (Å²) in [6.07, 6.45) is 1.56. The molecule has 1 aliphatic rings. The molecule has 1 unspecified atom stereocenters. The molecular weight excluding hydrogens is 362 g/mol. The van der Waals surface area contributed by atoms with Crippen molar-refractivity contribution in [1.82, 2.24) is 15.1 Å². The number of nitrogens with zero attached hydrogens (tertiary/aromatic N) is 2. The number of likely N-dealkylation sites (tertiary alicyclic amines) is 1. The van der Waals surface area contributed by atoms with Crippen LogP contribution in [0.15, 0.2) is 30.3 Å². The number of piperidine rings is 1. The molecule has 28 heavy (non-hydrogen) atoms. The largest absolute Gasteiger partial charge is 0.481 e. The number of aliphatic carboxylic acids is 1. The zero-order valence-corrected chi connectivity index (χ0v) is 16.1. The highest BCUT2D eigenvalue weighted by Crippen LogP contribution is 2.16. The second kappa shape index (κ2) is 10.4. The number of carbonyl (C=O) groups is 4. The van der Waals surface area contributed by atoms with Gasteiger partial charge in [0.2, 0.25) is 17.7 Å². The number of nitrogens with one attached hydrogen (secondary N) is 1. The lowest BCUT2D eigenvalue weighted by Crippen LogP contribution is -2.47. The second-order valence-corrected chi connectivity index (χ2v) is 7.03. The maximum Gasteiger partial charge on any atom is 0.308 e. The standard InChI is InChI=1S/C20H27N3O5/c1-22(14-19(26)23-11-5-8-16(13-23)20(27)28)18(25)9-10-21-17(24)12-15-6-3-2-4-7-15/h2-4,6-7,16H,5,8-14H2,1H3,(H,21,24)(H,27,28). The van der Waals surface area contributed by atoms with Crippen LogP contribution in [0.3, 0.4) is 0 Å². The molecule has 1 fully saturated rings. The lowest BCUT2D eigenvalue weighted by atomic mass is 9.98. The van der Waals surface area contributed by atoms with E-state index in [0.29, 0.717) is 19.4 Å².